The van der Waals surface area contributed by atoms with Crippen LogP contribution in [-0.2, 0) is 21.8 Å². The SMILES string of the molecule is COCCNCCNS(=O)(=O)c1c(Br)nnn1C. The molecule has 0 atom stereocenters. The third-order valence-electron chi connectivity index (χ3n) is 2.07. The van der Waals surface area contributed by atoms with Crippen molar-refractivity contribution < 1.29 is 13.2 Å². The van der Waals surface area contributed by atoms with Gasteiger partial charge in [-0.2, -0.15) is 0 Å². The van der Waals surface area contributed by atoms with Gasteiger partial charge in [0.05, 0.1) is 6.61 Å². The van der Waals surface area contributed by atoms with Crippen LogP contribution in [0.25, 0.3) is 0 Å². The molecular formula is C8H16BrN5O3S. The van der Waals surface area contributed by atoms with Crippen LogP contribution < -0.4 is 10.0 Å². The summed E-state index contributed by atoms with van der Waals surface area (Å²) < 4.78 is 32.6. The van der Waals surface area contributed by atoms with Gasteiger partial charge in [-0.25, -0.2) is 17.8 Å². The molecule has 0 radical (unpaired) electrons. The summed E-state index contributed by atoms with van der Waals surface area (Å²) in [4.78, 5) is 0. The van der Waals surface area contributed by atoms with Gasteiger partial charge in [0.25, 0.3) is 10.0 Å². The fraction of sp³-hybridized carbons (Fsp3) is 0.750. The van der Waals surface area contributed by atoms with Crippen LogP contribution in [0, 0.1) is 0 Å². The molecule has 2 N–H and O–H groups in total. The summed E-state index contributed by atoms with van der Waals surface area (Å²) in [7, 11) is -0.476. The molecule has 8 nitrogen and oxygen atoms in total. The fourth-order valence-corrected chi connectivity index (χ4v) is 3.37. The van der Waals surface area contributed by atoms with E-state index in [9.17, 15) is 8.42 Å². The van der Waals surface area contributed by atoms with Gasteiger partial charge in [0.2, 0.25) is 5.03 Å². The Morgan fingerprint density at radius 3 is 2.67 bits per heavy atom. The minimum atomic E-state index is -3.60. The highest BCUT2D eigenvalue weighted by molar-refractivity contribution is 9.10. The maximum atomic E-state index is 11.9. The quantitative estimate of drug-likeness (QED) is 0.594. The molecule has 1 heterocycles. The summed E-state index contributed by atoms with van der Waals surface area (Å²) in [6.45, 7) is 2.06. The molecule has 1 aromatic heterocycles. The van der Waals surface area contributed by atoms with Crippen molar-refractivity contribution in [3.63, 3.8) is 0 Å². The van der Waals surface area contributed by atoms with Gasteiger partial charge in [-0.1, -0.05) is 5.21 Å². The Morgan fingerprint density at radius 1 is 1.39 bits per heavy atom. The molecule has 0 aliphatic carbocycles. The first-order chi connectivity index (χ1) is 8.49. The topological polar surface area (TPSA) is 98.1 Å². The van der Waals surface area contributed by atoms with Crippen LogP contribution in [0.1, 0.15) is 0 Å². The van der Waals surface area contributed by atoms with Gasteiger partial charge >= 0.3 is 0 Å². The number of methoxy groups -OCH3 is 1. The molecule has 0 spiro atoms. The lowest BCUT2D eigenvalue weighted by molar-refractivity contribution is 0.199. The standard InChI is InChI=1S/C8H16BrN5O3S/c1-14-8(7(9)12-13-14)18(15,16)11-4-3-10-5-6-17-2/h10-11H,3-6H2,1-2H3. The minimum absolute atomic E-state index is 0.0133. The van der Waals surface area contributed by atoms with Gasteiger partial charge < -0.3 is 10.1 Å². The molecule has 0 aliphatic rings. The van der Waals surface area contributed by atoms with Crippen molar-refractivity contribution in [3.05, 3.63) is 4.60 Å². The minimum Gasteiger partial charge on any atom is -0.383 e. The van der Waals surface area contributed by atoms with E-state index >= 15 is 0 Å². The number of aromatic nitrogens is 3. The average Bonchev–Trinajstić information content (AvgIpc) is 2.64. The first-order valence-electron chi connectivity index (χ1n) is 5.23. The Hall–Kier alpha value is -0.550. The van der Waals surface area contributed by atoms with Gasteiger partial charge in [-0.05, 0) is 15.9 Å². The summed E-state index contributed by atoms with van der Waals surface area (Å²) in [6, 6.07) is 0. The van der Waals surface area contributed by atoms with Gasteiger partial charge in [-0.3, -0.25) is 0 Å². The number of nitrogens with zero attached hydrogens (tertiary/aromatic N) is 3. The Balaban J connectivity index is 2.46. The third-order valence-corrected chi connectivity index (χ3v) is 4.42. The number of halogens is 1. The second-order valence-corrected chi connectivity index (χ2v) is 5.88. The lowest BCUT2D eigenvalue weighted by Gasteiger charge is -2.07. The number of aryl methyl sites for hydroxylation is 1. The average molecular weight is 342 g/mol. The smallest absolute Gasteiger partial charge is 0.260 e. The van der Waals surface area contributed by atoms with Crippen LogP contribution >= 0.6 is 15.9 Å². The molecular weight excluding hydrogens is 326 g/mol. The van der Waals surface area contributed by atoms with Gasteiger partial charge in [0, 0.05) is 33.8 Å². The summed E-state index contributed by atoms with van der Waals surface area (Å²) in [6.07, 6.45) is 0. The Morgan fingerprint density at radius 2 is 2.11 bits per heavy atom. The molecule has 0 saturated carbocycles. The van der Waals surface area contributed by atoms with Crippen molar-refractivity contribution >= 4 is 26.0 Å². The molecule has 0 amide bonds. The Kier molecular flexibility index (Phi) is 6.15. The number of nitrogens with one attached hydrogen (secondary N) is 2. The summed E-state index contributed by atoms with van der Waals surface area (Å²) >= 11 is 3.05. The van der Waals surface area contributed by atoms with E-state index in [1.165, 1.54) is 11.7 Å². The zero-order valence-corrected chi connectivity index (χ0v) is 12.6. The van der Waals surface area contributed by atoms with Crippen molar-refractivity contribution in [2.75, 3.05) is 33.4 Å². The van der Waals surface area contributed by atoms with Crippen molar-refractivity contribution in [3.8, 4) is 0 Å². The van der Waals surface area contributed by atoms with Crippen LogP contribution in [0.5, 0.6) is 0 Å². The maximum Gasteiger partial charge on any atom is 0.260 e. The van der Waals surface area contributed by atoms with Gasteiger partial charge in [-0.15, -0.1) is 5.10 Å². The number of rotatable bonds is 8. The molecule has 1 rings (SSSR count). The van der Waals surface area contributed by atoms with Gasteiger partial charge in [0.1, 0.15) is 0 Å². The second-order valence-electron chi connectivity index (χ2n) is 3.45. The second kappa shape index (κ2) is 7.14. The molecule has 0 fully saturated rings. The molecule has 0 aromatic carbocycles. The highest BCUT2D eigenvalue weighted by atomic mass is 79.9. The van der Waals surface area contributed by atoms with E-state index in [2.05, 4.69) is 36.3 Å². The van der Waals surface area contributed by atoms with Gasteiger partial charge in [0.15, 0.2) is 4.60 Å². The Labute approximate surface area is 114 Å². The highest BCUT2D eigenvalue weighted by Crippen LogP contribution is 2.16. The molecule has 0 bridgehead atoms. The molecule has 0 unspecified atom stereocenters. The predicted molar refractivity (Wildman–Crippen MR) is 68.6 cm³/mol. The van der Waals surface area contributed by atoms with Crippen LogP contribution in [0.15, 0.2) is 9.63 Å². The van der Waals surface area contributed by atoms with Crippen molar-refractivity contribution in [2.45, 2.75) is 5.03 Å². The van der Waals surface area contributed by atoms with E-state index < -0.39 is 10.0 Å². The third kappa shape index (κ3) is 4.28. The molecule has 104 valence electrons. The lowest BCUT2D eigenvalue weighted by atomic mass is 10.6. The summed E-state index contributed by atoms with van der Waals surface area (Å²) in [5, 5.41) is 10.3. The summed E-state index contributed by atoms with van der Waals surface area (Å²) in [5.74, 6) is 0. The van der Waals surface area contributed by atoms with E-state index in [4.69, 9.17) is 4.74 Å². The van der Waals surface area contributed by atoms with E-state index in [1.54, 1.807) is 7.11 Å². The van der Waals surface area contributed by atoms with E-state index in [0.717, 1.165) is 0 Å². The van der Waals surface area contributed by atoms with E-state index in [0.29, 0.717) is 19.7 Å². The monoisotopic (exact) mass is 341 g/mol. The largest absolute Gasteiger partial charge is 0.383 e. The normalized spacial score (nSPS) is 11.9. The predicted octanol–water partition coefficient (Wildman–Crippen LogP) is -0.908. The first kappa shape index (κ1) is 15.5. The zero-order chi connectivity index (χ0) is 13.6. The van der Waals surface area contributed by atoms with E-state index in [-0.39, 0.29) is 16.2 Å². The van der Waals surface area contributed by atoms with Crippen molar-refractivity contribution in [1.29, 1.82) is 0 Å². The number of hydrogen-bond donors (Lipinski definition) is 2. The maximum absolute atomic E-state index is 11.9. The molecule has 1 aromatic rings. The molecule has 10 heteroatoms. The molecule has 0 saturated heterocycles. The van der Waals surface area contributed by atoms with Crippen LogP contribution in [-0.4, -0.2) is 56.8 Å². The van der Waals surface area contributed by atoms with Crippen molar-refractivity contribution in [2.24, 2.45) is 7.05 Å². The number of sulfonamides is 1. The summed E-state index contributed by atoms with van der Waals surface area (Å²) in [5.41, 5.74) is 0. The zero-order valence-electron chi connectivity index (χ0n) is 10.2. The van der Waals surface area contributed by atoms with Crippen LogP contribution in [0.2, 0.25) is 0 Å². The Bertz CT molecular complexity index is 456. The number of ether oxygens (including phenoxy) is 1. The van der Waals surface area contributed by atoms with Crippen molar-refractivity contribution in [1.82, 2.24) is 25.0 Å². The lowest BCUT2D eigenvalue weighted by Crippen LogP contribution is -2.34. The molecule has 18 heavy (non-hydrogen) atoms. The van der Waals surface area contributed by atoms with Crippen LogP contribution in [0.3, 0.4) is 0 Å². The first-order valence-corrected chi connectivity index (χ1v) is 7.51. The van der Waals surface area contributed by atoms with E-state index in [1.807, 2.05) is 0 Å². The molecule has 0 aliphatic heterocycles. The highest BCUT2D eigenvalue weighted by Gasteiger charge is 2.22. The van der Waals surface area contributed by atoms with Crippen LogP contribution in [0.4, 0.5) is 0 Å². The fourth-order valence-electron chi connectivity index (χ4n) is 1.25. The number of hydrogen-bond acceptors (Lipinski definition) is 6.